The maximum Gasteiger partial charge on any atom is 0.238 e. The molecule has 0 unspecified atom stereocenters. The Kier molecular flexibility index (Phi) is 7.18. The lowest BCUT2D eigenvalue weighted by atomic mass is 9.95. The molecule has 3 rings (SSSR count). The minimum Gasteiger partial charge on any atom is -0.352 e. The minimum atomic E-state index is -0.323. The number of hydrogen-bond donors (Lipinski definition) is 2. The first-order chi connectivity index (χ1) is 13.1. The van der Waals surface area contributed by atoms with Gasteiger partial charge in [-0.25, -0.2) is 4.39 Å². The van der Waals surface area contributed by atoms with Crippen molar-refractivity contribution in [2.75, 3.05) is 44.6 Å². The van der Waals surface area contributed by atoms with Crippen LogP contribution in [0, 0.1) is 5.82 Å². The van der Waals surface area contributed by atoms with E-state index in [1.54, 1.807) is 12.1 Å². The van der Waals surface area contributed by atoms with Crippen LogP contribution in [0.15, 0.2) is 24.3 Å². The van der Waals surface area contributed by atoms with E-state index in [4.69, 9.17) is 0 Å². The molecule has 6 nitrogen and oxygen atoms in total. The third-order valence-electron chi connectivity index (χ3n) is 5.30. The van der Waals surface area contributed by atoms with Gasteiger partial charge in [-0.3, -0.25) is 19.4 Å². The fraction of sp³-hybridized carbons (Fsp3) is 0.600. The van der Waals surface area contributed by atoms with E-state index in [0.29, 0.717) is 24.8 Å². The first-order valence-electron chi connectivity index (χ1n) is 9.88. The molecular formula is C20H29FN4O2. The molecule has 1 aromatic rings. The number of piperazine rings is 1. The second-order valence-electron chi connectivity index (χ2n) is 7.51. The Morgan fingerprint density at radius 3 is 2.04 bits per heavy atom. The van der Waals surface area contributed by atoms with Gasteiger partial charge >= 0.3 is 0 Å². The number of amides is 2. The molecule has 1 aliphatic carbocycles. The lowest BCUT2D eigenvalue weighted by Crippen LogP contribution is -2.51. The number of carbonyl (C=O) groups is 2. The molecule has 7 heteroatoms. The molecule has 0 aromatic heterocycles. The summed E-state index contributed by atoms with van der Waals surface area (Å²) in [4.78, 5) is 28.6. The Hall–Kier alpha value is -1.99. The molecule has 1 saturated carbocycles. The zero-order chi connectivity index (χ0) is 19.1. The Labute approximate surface area is 160 Å². The minimum absolute atomic E-state index is 0.106. The third kappa shape index (κ3) is 6.59. The standard InChI is InChI=1S/C20H29FN4O2/c21-16-6-8-18(9-7-16)23-20(27)15-25-12-10-24(11-13-25)14-19(26)22-17-4-2-1-3-5-17/h6-9,17H,1-5,10-15H2,(H,22,26)(H,23,27). The fourth-order valence-corrected chi connectivity index (χ4v) is 3.77. The molecule has 1 saturated heterocycles. The van der Waals surface area contributed by atoms with Crippen LogP contribution in [0.4, 0.5) is 10.1 Å². The first-order valence-corrected chi connectivity index (χ1v) is 9.88. The van der Waals surface area contributed by atoms with Gasteiger partial charge in [0.2, 0.25) is 11.8 Å². The molecular weight excluding hydrogens is 347 g/mol. The summed E-state index contributed by atoms with van der Waals surface area (Å²) in [5, 5.41) is 5.94. The van der Waals surface area contributed by atoms with E-state index in [0.717, 1.165) is 39.0 Å². The Balaban J connectivity index is 1.34. The summed E-state index contributed by atoms with van der Waals surface area (Å²) in [5.41, 5.74) is 0.597. The quantitative estimate of drug-likeness (QED) is 0.795. The number of rotatable bonds is 6. The zero-order valence-corrected chi connectivity index (χ0v) is 15.8. The number of halogens is 1. The van der Waals surface area contributed by atoms with Crippen LogP contribution in [0.3, 0.4) is 0 Å². The van der Waals surface area contributed by atoms with Gasteiger partial charge < -0.3 is 10.6 Å². The van der Waals surface area contributed by atoms with Crippen LogP contribution < -0.4 is 10.6 Å². The monoisotopic (exact) mass is 376 g/mol. The van der Waals surface area contributed by atoms with Crippen molar-refractivity contribution in [2.45, 2.75) is 38.1 Å². The Morgan fingerprint density at radius 1 is 0.889 bits per heavy atom. The van der Waals surface area contributed by atoms with Crippen molar-refractivity contribution in [1.82, 2.24) is 15.1 Å². The van der Waals surface area contributed by atoms with Crippen molar-refractivity contribution >= 4 is 17.5 Å². The van der Waals surface area contributed by atoms with Crippen molar-refractivity contribution in [3.8, 4) is 0 Å². The summed E-state index contributed by atoms with van der Waals surface area (Å²) < 4.78 is 12.9. The number of hydrogen-bond acceptors (Lipinski definition) is 4. The zero-order valence-electron chi connectivity index (χ0n) is 15.8. The molecule has 2 fully saturated rings. The molecule has 1 aromatic carbocycles. The van der Waals surface area contributed by atoms with E-state index in [1.165, 1.54) is 31.4 Å². The average Bonchev–Trinajstić information content (AvgIpc) is 2.66. The number of nitrogens with zero attached hydrogens (tertiary/aromatic N) is 2. The Morgan fingerprint density at radius 2 is 1.44 bits per heavy atom. The van der Waals surface area contributed by atoms with Gasteiger partial charge in [0.05, 0.1) is 13.1 Å². The second kappa shape index (κ2) is 9.80. The van der Waals surface area contributed by atoms with E-state index in [2.05, 4.69) is 20.4 Å². The topological polar surface area (TPSA) is 64.7 Å². The van der Waals surface area contributed by atoms with Crippen molar-refractivity contribution in [3.05, 3.63) is 30.1 Å². The predicted octanol–water partition coefficient (Wildman–Crippen LogP) is 1.83. The van der Waals surface area contributed by atoms with E-state index in [1.807, 2.05) is 0 Å². The summed E-state index contributed by atoms with van der Waals surface area (Å²) in [6.45, 7) is 3.82. The normalized spacial score (nSPS) is 19.6. The largest absolute Gasteiger partial charge is 0.352 e. The van der Waals surface area contributed by atoms with E-state index < -0.39 is 0 Å². The number of benzene rings is 1. The lowest BCUT2D eigenvalue weighted by Gasteiger charge is -2.34. The van der Waals surface area contributed by atoms with Gasteiger partial charge in [-0.2, -0.15) is 0 Å². The SMILES string of the molecule is O=C(CN1CCN(CC(=O)NC2CCCCC2)CC1)Nc1ccc(F)cc1. The van der Waals surface area contributed by atoms with Gasteiger partial charge in [-0.05, 0) is 37.1 Å². The van der Waals surface area contributed by atoms with Gasteiger partial charge in [0.1, 0.15) is 5.82 Å². The maximum atomic E-state index is 12.9. The molecule has 2 N–H and O–H groups in total. The highest BCUT2D eigenvalue weighted by Crippen LogP contribution is 2.17. The van der Waals surface area contributed by atoms with Crippen molar-refractivity contribution in [2.24, 2.45) is 0 Å². The molecule has 1 heterocycles. The van der Waals surface area contributed by atoms with Gasteiger partial charge in [-0.1, -0.05) is 19.3 Å². The van der Waals surface area contributed by atoms with Crippen molar-refractivity contribution in [1.29, 1.82) is 0 Å². The predicted molar refractivity (Wildman–Crippen MR) is 103 cm³/mol. The molecule has 148 valence electrons. The van der Waals surface area contributed by atoms with E-state index in [-0.39, 0.29) is 17.6 Å². The molecule has 0 spiro atoms. The summed E-state index contributed by atoms with van der Waals surface area (Å²) in [6, 6.07) is 6.11. The number of nitrogens with one attached hydrogen (secondary N) is 2. The second-order valence-corrected chi connectivity index (χ2v) is 7.51. The summed E-state index contributed by atoms with van der Waals surface area (Å²) in [6.07, 6.45) is 5.90. The first kappa shape index (κ1) is 19.8. The molecule has 2 amide bonds. The number of carbonyl (C=O) groups excluding carboxylic acids is 2. The third-order valence-corrected chi connectivity index (χ3v) is 5.30. The highest BCUT2D eigenvalue weighted by atomic mass is 19.1. The molecule has 1 aliphatic heterocycles. The molecule has 0 radical (unpaired) electrons. The van der Waals surface area contributed by atoms with E-state index in [9.17, 15) is 14.0 Å². The van der Waals surface area contributed by atoms with Crippen LogP contribution >= 0.6 is 0 Å². The van der Waals surface area contributed by atoms with Crippen LogP contribution in [0.5, 0.6) is 0 Å². The highest BCUT2D eigenvalue weighted by Gasteiger charge is 2.22. The van der Waals surface area contributed by atoms with Gasteiger partial charge in [0.25, 0.3) is 0 Å². The van der Waals surface area contributed by atoms with Gasteiger partial charge in [0, 0.05) is 37.9 Å². The van der Waals surface area contributed by atoms with Gasteiger partial charge in [-0.15, -0.1) is 0 Å². The molecule has 0 bridgehead atoms. The van der Waals surface area contributed by atoms with Crippen LogP contribution in [-0.4, -0.2) is 66.9 Å². The molecule has 2 aliphatic rings. The maximum absolute atomic E-state index is 12.9. The van der Waals surface area contributed by atoms with Crippen LogP contribution in [-0.2, 0) is 9.59 Å². The van der Waals surface area contributed by atoms with Gasteiger partial charge in [0.15, 0.2) is 0 Å². The lowest BCUT2D eigenvalue weighted by molar-refractivity contribution is -0.124. The number of anilines is 1. The van der Waals surface area contributed by atoms with Crippen LogP contribution in [0.25, 0.3) is 0 Å². The molecule has 0 atom stereocenters. The highest BCUT2D eigenvalue weighted by molar-refractivity contribution is 5.92. The summed E-state index contributed by atoms with van der Waals surface area (Å²) >= 11 is 0. The smallest absolute Gasteiger partial charge is 0.238 e. The summed E-state index contributed by atoms with van der Waals surface area (Å²) in [5.74, 6) is -0.314. The van der Waals surface area contributed by atoms with Crippen molar-refractivity contribution in [3.63, 3.8) is 0 Å². The molecule has 27 heavy (non-hydrogen) atoms. The summed E-state index contributed by atoms with van der Waals surface area (Å²) in [7, 11) is 0. The fourth-order valence-electron chi connectivity index (χ4n) is 3.77. The van der Waals surface area contributed by atoms with E-state index >= 15 is 0 Å². The Bertz CT molecular complexity index is 623. The average molecular weight is 376 g/mol. The van der Waals surface area contributed by atoms with Crippen molar-refractivity contribution < 1.29 is 14.0 Å². The van der Waals surface area contributed by atoms with Crippen LogP contribution in [0.1, 0.15) is 32.1 Å². The van der Waals surface area contributed by atoms with Crippen LogP contribution in [0.2, 0.25) is 0 Å².